The van der Waals surface area contributed by atoms with E-state index in [0.717, 1.165) is 6.42 Å². The van der Waals surface area contributed by atoms with Crippen LogP contribution in [-0.4, -0.2) is 13.3 Å². The molecule has 0 spiro atoms. The molecule has 0 saturated carbocycles. The first kappa shape index (κ1) is 13.1. The summed E-state index contributed by atoms with van der Waals surface area (Å²) in [7, 11) is 0. The van der Waals surface area contributed by atoms with E-state index in [4.69, 9.17) is 0 Å². The van der Waals surface area contributed by atoms with Crippen LogP contribution in [0, 0.1) is 5.41 Å². The van der Waals surface area contributed by atoms with Gasteiger partial charge in [0.15, 0.2) is 0 Å². The van der Waals surface area contributed by atoms with Gasteiger partial charge in [-0.05, 0) is 0 Å². The Balaban J connectivity index is 4.43. The fourth-order valence-electron chi connectivity index (χ4n) is 1.19. The zero-order chi connectivity index (χ0) is 10.7. The van der Waals surface area contributed by atoms with E-state index in [2.05, 4.69) is 55.6 Å². The van der Waals surface area contributed by atoms with E-state index in [1.54, 1.807) is 0 Å². The summed E-state index contributed by atoms with van der Waals surface area (Å²) in [6.45, 7) is 9.01. The summed E-state index contributed by atoms with van der Waals surface area (Å²) in [5.41, 5.74) is 5.25. The van der Waals surface area contributed by atoms with Gasteiger partial charge in [-0.15, -0.1) is 0 Å². The van der Waals surface area contributed by atoms with Crippen LogP contribution in [0.25, 0.3) is 0 Å². The fourth-order valence-corrected chi connectivity index (χ4v) is 2.61. The summed E-state index contributed by atoms with van der Waals surface area (Å²) >= 11 is -1.51. The van der Waals surface area contributed by atoms with Gasteiger partial charge < -0.3 is 0 Å². The predicted molar refractivity (Wildman–Crippen MR) is 64.7 cm³/mol. The zero-order valence-corrected chi connectivity index (χ0v) is 12.4. The average molecular weight is 241 g/mol. The van der Waals surface area contributed by atoms with Crippen molar-refractivity contribution >= 4 is 13.3 Å². The Morgan fingerprint density at radius 3 is 2.00 bits per heavy atom. The molecule has 0 aromatic heterocycles. The Kier molecular flexibility index (Phi) is 4.55. The van der Waals surface area contributed by atoms with Crippen LogP contribution in [0.1, 0.15) is 34.1 Å². The van der Waals surface area contributed by atoms with Crippen molar-refractivity contribution in [3.8, 4) is 0 Å². The normalized spacial score (nSPS) is 12.2. The molecule has 0 aliphatic heterocycles. The molecule has 0 bridgehead atoms. The first-order valence-corrected chi connectivity index (χ1v) is 12.5. The summed E-state index contributed by atoms with van der Waals surface area (Å²) < 4.78 is 0. The third kappa shape index (κ3) is 9.98. The van der Waals surface area contributed by atoms with Gasteiger partial charge >= 0.3 is 86.3 Å². The van der Waals surface area contributed by atoms with Crippen molar-refractivity contribution in [1.29, 1.82) is 0 Å². The standard InChI is InChI=1S/C12H24Ge/c1-11(10-12(2,3)4)8-9-13(5,6)7/h9H,10H2,1-7H3. The Morgan fingerprint density at radius 2 is 1.69 bits per heavy atom. The van der Waals surface area contributed by atoms with Gasteiger partial charge in [0, 0.05) is 0 Å². The van der Waals surface area contributed by atoms with Crippen LogP contribution in [0.2, 0.25) is 17.3 Å². The maximum absolute atomic E-state index is 3.45. The monoisotopic (exact) mass is 242 g/mol. The summed E-state index contributed by atoms with van der Waals surface area (Å²) in [5.74, 6) is 7.16. The van der Waals surface area contributed by atoms with E-state index in [-0.39, 0.29) is 0 Å². The molecule has 76 valence electrons. The van der Waals surface area contributed by atoms with Crippen LogP contribution in [0.3, 0.4) is 0 Å². The molecule has 0 aliphatic carbocycles. The molecule has 0 radical (unpaired) electrons. The van der Waals surface area contributed by atoms with Gasteiger partial charge in [-0.3, -0.25) is 0 Å². The topological polar surface area (TPSA) is 0 Å². The molecule has 0 atom stereocenters. The van der Waals surface area contributed by atoms with Gasteiger partial charge in [0.25, 0.3) is 0 Å². The summed E-state index contributed by atoms with van der Waals surface area (Å²) in [6, 6.07) is 0. The van der Waals surface area contributed by atoms with E-state index < -0.39 is 13.3 Å². The second-order valence-electron chi connectivity index (χ2n) is 6.17. The molecule has 0 aliphatic rings. The molecular formula is C12H24Ge. The molecule has 0 nitrogen and oxygen atoms in total. The predicted octanol–water partition coefficient (Wildman–Crippen LogP) is 4.40. The molecule has 0 saturated heterocycles. The van der Waals surface area contributed by atoms with Gasteiger partial charge in [0.1, 0.15) is 0 Å². The molecule has 0 rings (SSSR count). The van der Waals surface area contributed by atoms with Gasteiger partial charge in [0.2, 0.25) is 0 Å². The quantitative estimate of drug-likeness (QED) is 0.496. The van der Waals surface area contributed by atoms with E-state index in [1.807, 2.05) is 0 Å². The van der Waals surface area contributed by atoms with Crippen molar-refractivity contribution in [2.45, 2.75) is 51.4 Å². The van der Waals surface area contributed by atoms with E-state index in [9.17, 15) is 0 Å². The molecule has 0 N–H and O–H groups in total. The molecule has 0 heterocycles. The van der Waals surface area contributed by atoms with Crippen LogP contribution >= 0.6 is 0 Å². The molecular weight excluding hydrogens is 217 g/mol. The van der Waals surface area contributed by atoms with Gasteiger partial charge in [-0.25, -0.2) is 0 Å². The van der Waals surface area contributed by atoms with Crippen molar-refractivity contribution in [2.75, 3.05) is 0 Å². The van der Waals surface area contributed by atoms with Crippen LogP contribution < -0.4 is 0 Å². The maximum atomic E-state index is 3.45. The molecule has 0 fully saturated rings. The van der Waals surface area contributed by atoms with Gasteiger partial charge in [-0.2, -0.15) is 0 Å². The number of hydrogen-bond acceptors (Lipinski definition) is 0. The second-order valence-corrected chi connectivity index (χ2v) is 16.7. The molecule has 0 unspecified atom stereocenters. The minimum absolute atomic E-state index is 0.399. The summed E-state index contributed by atoms with van der Waals surface area (Å²) in [5, 5.41) is 0. The van der Waals surface area contributed by atoms with Crippen LogP contribution in [0.4, 0.5) is 0 Å². The third-order valence-electron chi connectivity index (χ3n) is 1.55. The summed E-state index contributed by atoms with van der Waals surface area (Å²) in [6.07, 6.45) is 1.15. The van der Waals surface area contributed by atoms with Crippen molar-refractivity contribution < 1.29 is 0 Å². The number of hydrogen-bond donors (Lipinski definition) is 0. The van der Waals surface area contributed by atoms with Gasteiger partial charge in [-0.1, -0.05) is 0 Å². The Bertz CT molecular complexity index is 216. The van der Waals surface area contributed by atoms with Crippen LogP contribution in [-0.2, 0) is 0 Å². The molecule has 13 heavy (non-hydrogen) atoms. The van der Waals surface area contributed by atoms with Crippen molar-refractivity contribution in [3.63, 3.8) is 0 Å². The fraction of sp³-hybridized carbons (Fsp3) is 0.750. The van der Waals surface area contributed by atoms with Crippen LogP contribution in [0.15, 0.2) is 16.2 Å². The van der Waals surface area contributed by atoms with E-state index >= 15 is 0 Å². The van der Waals surface area contributed by atoms with E-state index in [0.29, 0.717) is 5.41 Å². The second kappa shape index (κ2) is 4.52. The Hall–Kier alpha value is 0.0629. The minimum atomic E-state index is -1.51. The first-order valence-electron chi connectivity index (χ1n) is 5.03. The van der Waals surface area contributed by atoms with Crippen molar-refractivity contribution in [3.05, 3.63) is 16.2 Å². The Morgan fingerprint density at radius 1 is 1.23 bits per heavy atom. The molecule has 0 amide bonds. The van der Waals surface area contributed by atoms with Crippen molar-refractivity contribution in [2.24, 2.45) is 5.41 Å². The zero-order valence-electron chi connectivity index (χ0n) is 10.3. The number of rotatable bonds is 2. The van der Waals surface area contributed by atoms with E-state index in [1.165, 1.54) is 5.57 Å². The summed E-state index contributed by atoms with van der Waals surface area (Å²) in [4.78, 5) is 2.35. The molecule has 0 aromatic rings. The average Bonchev–Trinajstić information content (AvgIpc) is 1.78. The Labute approximate surface area is 86.5 Å². The molecule has 1 heteroatoms. The SMILES string of the molecule is CC(=C=[CH][Ge]([CH3])([CH3])[CH3])CC(C)(C)C. The van der Waals surface area contributed by atoms with Crippen molar-refractivity contribution in [1.82, 2.24) is 0 Å². The first-order chi connectivity index (χ1) is 5.60. The third-order valence-corrected chi connectivity index (χ3v) is 3.67. The molecule has 0 aromatic carbocycles. The van der Waals surface area contributed by atoms with Crippen LogP contribution in [0.5, 0.6) is 0 Å². The van der Waals surface area contributed by atoms with Gasteiger partial charge in [0.05, 0.1) is 0 Å². The number of allylic oxidation sites excluding steroid dienone is 1.